The van der Waals surface area contributed by atoms with E-state index in [0.717, 1.165) is 21.0 Å². The molecular weight excluding hydrogens is 316 g/mol. The van der Waals surface area contributed by atoms with Gasteiger partial charge in [0.15, 0.2) is 0 Å². The Bertz CT molecular complexity index is 754. The van der Waals surface area contributed by atoms with Crippen molar-refractivity contribution in [1.29, 1.82) is 0 Å². The Hall–Kier alpha value is -1.58. The molecule has 1 unspecified atom stereocenters. The van der Waals surface area contributed by atoms with Gasteiger partial charge in [-0.25, -0.2) is 0 Å². The van der Waals surface area contributed by atoms with Crippen LogP contribution in [-0.4, -0.2) is 5.11 Å². The van der Waals surface area contributed by atoms with E-state index in [1.165, 1.54) is 5.56 Å². The fraction of sp³-hybridized carbons (Fsp3) is 0.176. The molecule has 0 radical (unpaired) electrons. The average Bonchev–Trinajstić information content (AvgIpc) is 2.83. The van der Waals surface area contributed by atoms with E-state index < -0.39 is 5.60 Å². The summed E-state index contributed by atoms with van der Waals surface area (Å²) in [6.07, 6.45) is 0. The van der Waals surface area contributed by atoms with Crippen LogP contribution in [0.5, 0.6) is 0 Å². The average molecular weight is 331 g/mol. The minimum absolute atomic E-state index is 0.556. The second-order valence-corrected chi connectivity index (χ2v) is 6.15. The molecule has 1 atom stereocenters. The highest BCUT2D eigenvalue weighted by Gasteiger charge is 2.29. The van der Waals surface area contributed by atoms with Gasteiger partial charge in [0.1, 0.15) is 16.9 Å². The lowest BCUT2D eigenvalue weighted by molar-refractivity contribution is 0.0786. The van der Waals surface area contributed by atoms with Crippen molar-refractivity contribution in [1.82, 2.24) is 0 Å². The molecule has 0 aliphatic heterocycles. The van der Waals surface area contributed by atoms with Crippen molar-refractivity contribution in [2.75, 3.05) is 0 Å². The van der Waals surface area contributed by atoms with Gasteiger partial charge in [0.2, 0.25) is 0 Å². The fourth-order valence-corrected chi connectivity index (χ4v) is 2.58. The van der Waals surface area contributed by atoms with Crippen LogP contribution < -0.4 is 0 Å². The summed E-state index contributed by atoms with van der Waals surface area (Å²) in [6, 6.07) is 15.5. The van der Waals surface area contributed by atoms with Crippen LogP contribution in [0.3, 0.4) is 0 Å². The largest absolute Gasteiger partial charge is 0.458 e. The predicted octanol–water partition coefficient (Wildman–Crippen LogP) is 4.76. The van der Waals surface area contributed by atoms with Crippen LogP contribution in [0.25, 0.3) is 11.0 Å². The van der Waals surface area contributed by atoms with E-state index in [1.54, 1.807) is 6.92 Å². The molecule has 0 amide bonds. The molecule has 2 aromatic carbocycles. The summed E-state index contributed by atoms with van der Waals surface area (Å²) in [5, 5.41) is 11.8. The highest BCUT2D eigenvalue weighted by Crippen LogP contribution is 2.34. The third-order valence-corrected chi connectivity index (χ3v) is 4.09. The van der Waals surface area contributed by atoms with E-state index in [-0.39, 0.29) is 0 Å². The summed E-state index contributed by atoms with van der Waals surface area (Å²) >= 11 is 3.40. The van der Waals surface area contributed by atoms with Crippen molar-refractivity contribution in [2.24, 2.45) is 0 Å². The van der Waals surface area contributed by atoms with Gasteiger partial charge in [-0.05, 0) is 49.7 Å². The minimum Gasteiger partial charge on any atom is -0.458 e. The van der Waals surface area contributed by atoms with Crippen molar-refractivity contribution in [3.8, 4) is 0 Å². The van der Waals surface area contributed by atoms with Gasteiger partial charge in [-0.15, -0.1) is 0 Å². The number of aliphatic hydroxyl groups is 1. The standard InChI is InChI=1S/C17H15BrO2/c1-11-3-8-15-12(9-11)10-16(20-15)17(2,19)13-4-6-14(18)7-5-13/h3-10,19H,1-2H3. The van der Waals surface area contributed by atoms with Crippen LogP contribution in [0.4, 0.5) is 0 Å². The fourth-order valence-electron chi connectivity index (χ4n) is 2.32. The molecule has 0 bridgehead atoms. The molecule has 0 saturated heterocycles. The lowest BCUT2D eigenvalue weighted by Crippen LogP contribution is -2.21. The summed E-state index contributed by atoms with van der Waals surface area (Å²) in [6.45, 7) is 3.79. The van der Waals surface area contributed by atoms with Crippen molar-refractivity contribution in [2.45, 2.75) is 19.4 Å². The van der Waals surface area contributed by atoms with Crippen LogP contribution in [0.15, 0.2) is 57.4 Å². The van der Waals surface area contributed by atoms with Crippen molar-refractivity contribution in [3.05, 3.63) is 69.9 Å². The number of benzene rings is 2. The summed E-state index contributed by atoms with van der Waals surface area (Å²) in [4.78, 5) is 0. The molecule has 0 aliphatic rings. The van der Waals surface area contributed by atoms with Crippen LogP contribution in [-0.2, 0) is 5.60 Å². The smallest absolute Gasteiger partial charge is 0.144 e. The molecule has 0 aliphatic carbocycles. The van der Waals surface area contributed by atoms with Gasteiger partial charge in [-0.3, -0.25) is 0 Å². The first kappa shape index (κ1) is 13.4. The summed E-state index contributed by atoms with van der Waals surface area (Å²) in [5.74, 6) is 0.556. The normalized spacial score (nSPS) is 14.4. The molecule has 1 N–H and O–H groups in total. The van der Waals surface area contributed by atoms with Crippen molar-refractivity contribution < 1.29 is 9.52 Å². The topological polar surface area (TPSA) is 33.4 Å². The molecule has 3 aromatic rings. The zero-order valence-electron chi connectivity index (χ0n) is 11.4. The van der Waals surface area contributed by atoms with Crippen LogP contribution in [0.2, 0.25) is 0 Å². The molecule has 3 rings (SSSR count). The maximum Gasteiger partial charge on any atom is 0.144 e. The number of aryl methyl sites for hydroxylation is 1. The van der Waals surface area contributed by atoms with Gasteiger partial charge >= 0.3 is 0 Å². The number of fused-ring (bicyclic) bond motifs is 1. The van der Waals surface area contributed by atoms with Gasteiger partial charge in [0.05, 0.1) is 0 Å². The highest BCUT2D eigenvalue weighted by molar-refractivity contribution is 9.10. The predicted molar refractivity (Wildman–Crippen MR) is 83.8 cm³/mol. The summed E-state index contributed by atoms with van der Waals surface area (Å²) < 4.78 is 6.79. The highest BCUT2D eigenvalue weighted by atomic mass is 79.9. The van der Waals surface area contributed by atoms with Crippen molar-refractivity contribution >= 4 is 26.9 Å². The number of rotatable bonds is 2. The summed E-state index contributed by atoms with van der Waals surface area (Å²) in [7, 11) is 0. The first-order valence-electron chi connectivity index (χ1n) is 6.46. The number of hydrogen-bond acceptors (Lipinski definition) is 2. The first-order chi connectivity index (χ1) is 9.46. The second kappa shape index (κ2) is 4.76. The first-order valence-corrected chi connectivity index (χ1v) is 7.25. The van der Waals surface area contributed by atoms with Crippen molar-refractivity contribution in [3.63, 3.8) is 0 Å². The number of hydrogen-bond donors (Lipinski definition) is 1. The zero-order chi connectivity index (χ0) is 14.3. The molecule has 20 heavy (non-hydrogen) atoms. The van der Waals surface area contributed by atoms with E-state index >= 15 is 0 Å². The van der Waals surface area contributed by atoms with Gasteiger partial charge < -0.3 is 9.52 Å². The Balaban J connectivity index is 2.10. The summed E-state index contributed by atoms with van der Waals surface area (Å²) in [5.41, 5.74) is 1.63. The molecule has 0 saturated carbocycles. The van der Waals surface area contributed by atoms with E-state index in [2.05, 4.69) is 22.0 Å². The molecule has 1 aromatic heterocycles. The van der Waals surface area contributed by atoms with Gasteiger partial charge in [0.25, 0.3) is 0 Å². The third kappa shape index (κ3) is 2.28. The maximum absolute atomic E-state index is 10.8. The SMILES string of the molecule is Cc1ccc2oc(C(C)(O)c3ccc(Br)cc3)cc2c1. The van der Waals surface area contributed by atoms with E-state index in [1.807, 2.05) is 49.4 Å². The lowest BCUT2D eigenvalue weighted by atomic mass is 9.93. The monoisotopic (exact) mass is 330 g/mol. The zero-order valence-corrected chi connectivity index (χ0v) is 12.9. The molecular formula is C17H15BrO2. The second-order valence-electron chi connectivity index (χ2n) is 5.23. The Morgan fingerprint density at radius 2 is 1.75 bits per heavy atom. The molecule has 0 spiro atoms. The molecule has 102 valence electrons. The third-order valence-electron chi connectivity index (χ3n) is 3.56. The van der Waals surface area contributed by atoms with Gasteiger partial charge in [0, 0.05) is 9.86 Å². The molecule has 3 heteroatoms. The van der Waals surface area contributed by atoms with E-state index in [0.29, 0.717) is 5.76 Å². The van der Waals surface area contributed by atoms with Crippen LogP contribution in [0, 0.1) is 6.92 Å². The van der Waals surface area contributed by atoms with Crippen LogP contribution >= 0.6 is 15.9 Å². The maximum atomic E-state index is 10.8. The Morgan fingerprint density at radius 1 is 1.05 bits per heavy atom. The molecule has 2 nitrogen and oxygen atoms in total. The quantitative estimate of drug-likeness (QED) is 0.734. The minimum atomic E-state index is -1.15. The Labute approximate surface area is 126 Å². The van der Waals surface area contributed by atoms with Crippen LogP contribution in [0.1, 0.15) is 23.8 Å². The number of halogens is 1. The van der Waals surface area contributed by atoms with Gasteiger partial charge in [-0.1, -0.05) is 39.7 Å². The Morgan fingerprint density at radius 3 is 2.45 bits per heavy atom. The van der Waals surface area contributed by atoms with E-state index in [4.69, 9.17) is 4.42 Å². The van der Waals surface area contributed by atoms with Gasteiger partial charge in [-0.2, -0.15) is 0 Å². The Kier molecular flexibility index (Phi) is 3.19. The lowest BCUT2D eigenvalue weighted by Gasteiger charge is -2.21. The van der Waals surface area contributed by atoms with E-state index in [9.17, 15) is 5.11 Å². The number of furan rings is 1. The molecule has 0 fully saturated rings. The molecule has 1 heterocycles.